The summed E-state index contributed by atoms with van der Waals surface area (Å²) in [5.74, 6) is -1.44. The number of esters is 1. The van der Waals surface area contributed by atoms with E-state index in [2.05, 4.69) is 10.1 Å². The minimum absolute atomic E-state index is 0.0201. The van der Waals surface area contributed by atoms with Crippen molar-refractivity contribution in [1.29, 1.82) is 0 Å². The van der Waals surface area contributed by atoms with Crippen LogP contribution in [-0.2, 0) is 14.3 Å². The van der Waals surface area contributed by atoms with E-state index in [0.717, 1.165) is 0 Å². The summed E-state index contributed by atoms with van der Waals surface area (Å²) in [7, 11) is 1.33. The van der Waals surface area contributed by atoms with Crippen LogP contribution in [0.3, 0.4) is 0 Å². The van der Waals surface area contributed by atoms with Gasteiger partial charge in [-0.15, -0.1) is 0 Å². The zero-order valence-electron chi connectivity index (χ0n) is 11.2. The number of carbonyl (C=O) groups is 3. The Balaban J connectivity index is 2.34. The van der Waals surface area contributed by atoms with Crippen LogP contribution in [0.1, 0.15) is 26.2 Å². The lowest BCUT2D eigenvalue weighted by Crippen LogP contribution is -2.43. The van der Waals surface area contributed by atoms with Gasteiger partial charge in [0.05, 0.1) is 13.0 Å². The molecule has 1 rings (SSSR count). The average Bonchev–Trinajstić information content (AvgIpc) is 2.85. The molecule has 1 heterocycles. The molecule has 0 aromatic rings. The molecule has 0 spiro atoms. The number of carboxylic acids is 1. The average molecular weight is 272 g/mol. The lowest BCUT2D eigenvalue weighted by molar-refractivity contribution is -0.144. The highest BCUT2D eigenvalue weighted by molar-refractivity contribution is 5.78. The lowest BCUT2D eigenvalue weighted by Gasteiger charge is -2.20. The van der Waals surface area contributed by atoms with E-state index in [4.69, 9.17) is 5.11 Å². The van der Waals surface area contributed by atoms with E-state index in [9.17, 15) is 14.4 Å². The number of ether oxygens (including phenoxy) is 1. The predicted molar refractivity (Wildman–Crippen MR) is 66.6 cm³/mol. The summed E-state index contributed by atoms with van der Waals surface area (Å²) in [6, 6.07) is -0.468. The molecule has 7 nitrogen and oxygen atoms in total. The molecule has 1 aliphatic rings. The molecule has 0 saturated carbocycles. The summed E-state index contributed by atoms with van der Waals surface area (Å²) in [5.41, 5.74) is 0. The third kappa shape index (κ3) is 4.76. The van der Waals surface area contributed by atoms with Crippen molar-refractivity contribution in [2.45, 2.75) is 32.2 Å². The molecule has 2 N–H and O–H groups in total. The van der Waals surface area contributed by atoms with Crippen LogP contribution >= 0.6 is 0 Å². The molecule has 0 aliphatic carbocycles. The molecule has 1 aliphatic heterocycles. The molecule has 2 amide bonds. The van der Waals surface area contributed by atoms with E-state index >= 15 is 0 Å². The fourth-order valence-electron chi connectivity index (χ4n) is 2.02. The number of methoxy groups -OCH3 is 1. The van der Waals surface area contributed by atoms with Crippen LogP contribution in [-0.4, -0.2) is 54.2 Å². The Morgan fingerprint density at radius 2 is 2.16 bits per heavy atom. The Morgan fingerprint density at radius 1 is 1.47 bits per heavy atom. The third-order valence-corrected chi connectivity index (χ3v) is 3.17. The normalized spacial score (nSPS) is 19.9. The van der Waals surface area contributed by atoms with Gasteiger partial charge in [0.15, 0.2) is 0 Å². The summed E-state index contributed by atoms with van der Waals surface area (Å²) >= 11 is 0. The van der Waals surface area contributed by atoms with Gasteiger partial charge in [0, 0.05) is 25.6 Å². The molecule has 1 saturated heterocycles. The van der Waals surface area contributed by atoms with Gasteiger partial charge in [0.25, 0.3) is 0 Å². The molecule has 2 unspecified atom stereocenters. The first kappa shape index (κ1) is 15.3. The van der Waals surface area contributed by atoms with Crippen molar-refractivity contribution in [2.75, 3.05) is 20.2 Å². The quantitative estimate of drug-likeness (QED) is 0.708. The van der Waals surface area contributed by atoms with Crippen LogP contribution in [0.5, 0.6) is 0 Å². The van der Waals surface area contributed by atoms with Gasteiger partial charge in [0.2, 0.25) is 0 Å². The number of amides is 2. The van der Waals surface area contributed by atoms with Crippen molar-refractivity contribution in [1.82, 2.24) is 10.2 Å². The fourth-order valence-corrected chi connectivity index (χ4v) is 2.02. The van der Waals surface area contributed by atoms with E-state index in [1.54, 1.807) is 11.8 Å². The smallest absolute Gasteiger partial charge is 0.317 e. The monoisotopic (exact) mass is 272 g/mol. The van der Waals surface area contributed by atoms with E-state index in [-0.39, 0.29) is 30.4 Å². The zero-order chi connectivity index (χ0) is 14.4. The minimum atomic E-state index is -0.881. The van der Waals surface area contributed by atoms with Crippen LogP contribution in [0.2, 0.25) is 0 Å². The van der Waals surface area contributed by atoms with Gasteiger partial charge >= 0.3 is 18.0 Å². The number of hydrogen-bond donors (Lipinski definition) is 2. The van der Waals surface area contributed by atoms with Crippen LogP contribution in [0, 0.1) is 5.92 Å². The number of nitrogens with one attached hydrogen (secondary N) is 1. The zero-order valence-corrected chi connectivity index (χ0v) is 11.2. The largest absolute Gasteiger partial charge is 0.481 e. The van der Waals surface area contributed by atoms with Crippen LogP contribution in [0.4, 0.5) is 4.79 Å². The van der Waals surface area contributed by atoms with Gasteiger partial charge in [-0.3, -0.25) is 9.59 Å². The minimum Gasteiger partial charge on any atom is -0.481 e. The standard InChI is InChI=1S/C12H20N2O5/c1-8(3-4-10(15)16)13-12(18)14-6-5-9(7-14)11(17)19-2/h8-9H,3-7H2,1-2H3,(H,13,18)(H,15,16). The van der Waals surface area contributed by atoms with E-state index < -0.39 is 5.97 Å². The number of carbonyl (C=O) groups excluding carboxylic acids is 2. The summed E-state index contributed by atoms with van der Waals surface area (Å²) < 4.78 is 4.65. The highest BCUT2D eigenvalue weighted by atomic mass is 16.5. The molecule has 2 atom stereocenters. The Morgan fingerprint density at radius 3 is 2.74 bits per heavy atom. The Hall–Kier alpha value is -1.79. The highest BCUT2D eigenvalue weighted by Gasteiger charge is 2.31. The first-order chi connectivity index (χ1) is 8.93. The van der Waals surface area contributed by atoms with Crippen molar-refractivity contribution >= 4 is 18.0 Å². The van der Waals surface area contributed by atoms with E-state index in [1.807, 2.05) is 0 Å². The van der Waals surface area contributed by atoms with Gasteiger partial charge in [-0.05, 0) is 19.8 Å². The third-order valence-electron chi connectivity index (χ3n) is 3.17. The Bertz CT molecular complexity index is 358. The Labute approximate surface area is 111 Å². The Kier molecular flexibility index (Phi) is 5.59. The maximum absolute atomic E-state index is 11.9. The van der Waals surface area contributed by atoms with Gasteiger partial charge in [-0.1, -0.05) is 0 Å². The number of hydrogen-bond acceptors (Lipinski definition) is 4. The van der Waals surface area contributed by atoms with Crippen molar-refractivity contribution in [3.63, 3.8) is 0 Å². The molecule has 7 heteroatoms. The highest BCUT2D eigenvalue weighted by Crippen LogP contribution is 2.17. The number of rotatable bonds is 5. The van der Waals surface area contributed by atoms with Crippen LogP contribution < -0.4 is 5.32 Å². The molecular formula is C12H20N2O5. The summed E-state index contributed by atoms with van der Waals surface area (Å²) in [6.45, 7) is 2.62. The number of aliphatic carboxylic acids is 1. The fraction of sp³-hybridized carbons (Fsp3) is 0.750. The maximum atomic E-state index is 11.9. The second-order valence-electron chi connectivity index (χ2n) is 4.74. The van der Waals surface area contributed by atoms with Gasteiger partial charge < -0.3 is 20.1 Å². The maximum Gasteiger partial charge on any atom is 0.317 e. The first-order valence-electron chi connectivity index (χ1n) is 6.29. The second kappa shape index (κ2) is 6.96. The van der Waals surface area contributed by atoms with Crippen molar-refractivity contribution < 1.29 is 24.2 Å². The lowest BCUT2D eigenvalue weighted by atomic mass is 10.1. The van der Waals surface area contributed by atoms with E-state index in [0.29, 0.717) is 25.9 Å². The molecule has 0 aromatic carbocycles. The van der Waals surface area contributed by atoms with Gasteiger partial charge in [-0.25, -0.2) is 4.79 Å². The van der Waals surface area contributed by atoms with Gasteiger partial charge in [-0.2, -0.15) is 0 Å². The van der Waals surface area contributed by atoms with Crippen molar-refractivity contribution in [3.05, 3.63) is 0 Å². The molecule has 0 aromatic heterocycles. The number of nitrogens with zero attached hydrogens (tertiary/aromatic N) is 1. The van der Waals surface area contributed by atoms with Crippen LogP contribution in [0.25, 0.3) is 0 Å². The summed E-state index contributed by atoms with van der Waals surface area (Å²) in [5, 5.41) is 11.3. The number of urea groups is 1. The van der Waals surface area contributed by atoms with Crippen molar-refractivity contribution in [3.8, 4) is 0 Å². The molecule has 108 valence electrons. The molecule has 19 heavy (non-hydrogen) atoms. The van der Waals surface area contributed by atoms with E-state index in [1.165, 1.54) is 7.11 Å². The topological polar surface area (TPSA) is 95.9 Å². The van der Waals surface area contributed by atoms with Crippen molar-refractivity contribution in [2.24, 2.45) is 5.92 Å². The molecule has 1 fully saturated rings. The second-order valence-corrected chi connectivity index (χ2v) is 4.74. The van der Waals surface area contributed by atoms with Gasteiger partial charge in [0.1, 0.15) is 0 Å². The molecule has 0 radical (unpaired) electrons. The first-order valence-corrected chi connectivity index (χ1v) is 6.29. The number of carboxylic acid groups (broad SMARTS) is 1. The SMILES string of the molecule is COC(=O)C1CCN(C(=O)NC(C)CCC(=O)O)C1. The summed E-state index contributed by atoms with van der Waals surface area (Å²) in [4.78, 5) is 35.2. The molecular weight excluding hydrogens is 252 g/mol. The van der Waals surface area contributed by atoms with Crippen LogP contribution in [0.15, 0.2) is 0 Å². The summed E-state index contributed by atoms with van der Waals surface area (Å²) in [6.07, 6.45) is 1.01. The predicted octanol–water partition coefficient (Wildman–Crippen LogP) is 0.444. The number of likely N-dealkylation sites (tertiary alicyclic amines) is 1. The molecule has 0 bridgehead atoms.